The summed E-state index contributed by atoms with van der Waals surface area (Å²) in [6, 6.07) is 25.3. The van der Waals surface area contributed by atoms with E-state index >= 15 is 0 Å². The van der Waals surface area contributed by atoms with Gasteiger partial charge in [-0.2, -0.15) is 8.42 Å². The number of nitrogens with zero attached hydrogens (tertiary/aromatic N) is 4. The Morgan fingerprint density at radius 2 is 0.889 bits per heavy atom. The van der Waals surface area contributed by atoms with Crippen molar-refractivity contribution in [2.24, 2.45) is 20.0 Å². The molecular formula is C32H30N13NaO6S2. The Morgan fingerprint density at radius 3 is 1.26 bits per heavy atom. The summed E-state index contributed by atoms with van der Waals surface area (Å²) >= 11 is 0. The van der Waals surface area contributed by atoms with Gasteiger partial charge in [-0.15, -0.1) is 0 Å². The van der Waals surface area contributed by atoms with E-state index in [4.69, 9.17) is 10.8 Å². The minimum absolute atomic E-state index is 0. The third kappa shape index (κ3) is 10.9. The molecule has 0 fully saturated rings. The maximum absolute atomic E-state index is 12.4. The fourth-order valence-electron chi connectivity index (χ4n) is 4.71. The molecule has 0 saturated carbocycles. The van der Waals surface area contributed by atoms with Crippen LogP contribution in [0.25, 0.3) is 12.2 Å². The summed E-state index contributed by atoms with van der Waals surface area (Å²) in [5, 5.41) is 16.0. The first-order valence-electron chi connectivity index (χ1n) is 14.9. The van der Waals surface area contributed by atoms with Crippen molar-refractivity contribution < 1.29 is 55.5 Å². The molecule has 54 heavy (non-hydrogen) atoms. The van der Waals surface area contributed by atoms with Gasteiger partial charge in [0.25, 0.3) is 10.1 Å². The second kappa shape index (κ2) is 17.4. The van der Waals surface area contributed by atoms with Crippen molar-refractivity contribution in [3.05, 3.63) is 142 Å². The van der Waals surface area contributed by atoms with Crippen LogP contribution in [0, 0.1) is 10.8 Å². The number of nitrogens with one attached hydrogen (secondary N) is 8. The second-order valence-electron chi connectivity index (χ2n) is 10.7. The van der Waals surface area contributed by atoms with Gasteiger partial charge in [0.15, 0.2) is 0 Å². The second-order valence-corrected chi connectivity index (χ2v) is 13.5. The number of hydrogen-bond acceptors (Lipinski definition) is 12. The van der Waals surface area contributed by atoms with Gasteiger partial charge in [0.1, 0.15) is 15.0 Å². The first-order valence-corrected chi connectivity index (χ1v) is 17.8. The van der Waals surface area contributed by atoms with Crippen LogP contribution in [0.5, 0.6) is 0 Å². The summed E-state index contributed by atoms with van der Waals surface area (Å²) in [7, 11) is -9.91. The molecule has 2 aromatic heterocycles. The van der Waals surface area contributed by atoms with Crippen molar-refractivity contribution in [3.8, 4) is 0 Å². The third-order valence-electron chi connectivity index (χ3n) is 6.91. The van der Waals surface area contributed by atoms with Crippen LogP contribution >= 0.6 is 0 Å². The molecule has 6 rings (SSSR count). The number of H-pyrrole nitrogens is 6. The summed E-state index contributed by atoms with van der Waals surface area (Å²) < 4.78 is 71.8. The van der Waals surface area contributed by atoms with E-state index in [2.05, 4.69) is 49.9 Å². The molecule has 6 aromatic rings. The van der Waals surface area contributed by atoms with Gasteiger partial charge in [0.05, 0.1) is 27.6 Å². The molecule has 4 aromatic carbocycles. The summed E-state index contributed by atoms with van der Waals surface area (Å²) in [5.41, 5.74) is 1.18. The predicted molar refractivity (Wildman–Crippen MR) is 189 cm³/mol. The normalized spacial score (nSPS) is 13.1. The van der Waals surface area contributed by atoms with Crippen molar-refractivity contribution >= 4 is 55.1 Å². The van der Waals surface area contributed by atoms with E-state index in [9.17, 15) is 25.9 Å². The summed E-state index contributed by atoms with van der Waals surface area (Å²) in [4.78, 5) is 32.4. The fourth-order valence-corrected chi connectivity index (χ4v) is 6.10. The Balaban J connectivity index is 0.00000325. The smallest absolute Gasteiger partial charge is 0.744 e. The Kier molecular flexibility index (Phi) is 13.2. The fraction of sp³-hybridized carbons (Fsp3) is 0. The molecule has 12 N–H and O–H groups in total. The molecule has 0 bridgehead atoms. The molecule has 0 saturated heterocycles. The molecule has 0 amide bonds. The Labute approximate surface area is 327 Å². The van der Waals surface area contributed by atoms with Gasteiger partial charge in [-0.3, -0.25) is 45.3 Å². The molecule has 0 spiro atoms. The minimum Gasteiger partial charge on any atom is -0.744 e. The molecule has 0 radical (unpaired) electrons. The molecule has 22 heteroatoms. The van der Waals surface area contributed by atoms with E-state index in [1.807, 2.05) is 12.1 Å². The Hall–Kier alpha value is -5.78. The molecule has 0 unspecified atom stereocenters. The molecule has 0 aliphatic heterocycles. The maximum Gasteiger partial charge on any atom is 1.00 e. The molecule has 272 valence electrons. The monoisotopic (exact) mass is 779 g/mol. The first kappa shape index (κ1) is 41.0. The molecule has 0 aliphatic rings. The number of aromatic amines is 6. The number of hydrogen-bond donors (Lipinski definition) is 10. The molecular weight excluding hydrogens is 750 g/mol. The van der Waals surface area contributed by atoms with Crippen LogP contribution in [0.15, 0.2) is 127 Å². The van der Waals surface area contributed by atoms with Crippen LogP contribution in [0.3, 0.4) is 0 Å². The van der Waals surface area contributed by atoms with Gasteiger partial charge in [0, 0.05) is 0 Å². The maximum atomic E-state index is 12.4. The zero-order valence-corrected chi connectivity index (χ0v) is 31.8. The van der Waals surface area contributed by atoms with E-state index < -0.39 is 30.0 Å². The Morgan fingerprint density at radius 1 is 0.537 bits per heavy atom. The van der Waals surface area contributed by atoms with E-state index in [1.54, 1.807) is 48.5 Å². The van der Waals surface area contributed by atoms with Crippen molar-refractivity contribution in [1.82, 2.24) is 36.1 Å². The average Bonchev–Trinajstić information content (AvgIpc) is 3.07. The summed E-state index contributed by atoms with van der Waals surface area (Å²) in [5.74, 6) is 0. The molecule has 2 heterocycles. The quantitative estimate of drug-likeness (QED) is 0.0523. The van der Waals surface area contributed by atoms with Crippen LogP contribution in [-0.2, 0) is 20.2 Å². The Bertz CT molecular complexity index is 2760. The molecule has 0 aliphatic carbocycles. The topological polar surface area (TPSA) is 338 Å². The first-order chi connectivity index (χ1) is 24.8. The van der Waals surface area contributed by atoms with E-state index in [0.29, 0.717) is 11.4 Å². The van der Waals surface area contributed by atoms with E-state index in [1.165, 1.54) is 36.4 Å². The number of benzene rings is 4. The largest absolute Gasteiger partial charge is 1.00 e. The van der Waals surface area contributed by atoms with Crippen LogP contribution in [0.4, 0.5) is 22.7 Å². The van der Waals surface area contributed by atoms with Crippen LogP contribution < -0.4 is 69.4 Å². The van der Waals surface area contributed by atoms with Gasteiger partial charge in [0.2, 0.25) is 33.7 Å². The molecule has 19 nitrogen and oxygen atoms in total. The zero-order valence-electron chi connectivity index (χ0n) is 28.2. The minimum atomic E-state index is -5.08. The van der Waals surface area contributed by atoms with E-state index in [-0.39, 0.29) is 91.9 Å². The van der Waals surface area contributed by atoms with Crippen molar-refractivity contribution in [3.63, 3.8) is 0 Å². The van der Waals surface area contributed by atoms with Gasteiger partial charge < -0.3 is 10.7 Å². The van der Waals surface area contributed by atoms with Crippen molar-refractivity contribution in [2.45, 2.75) is 9.79 Å². The van der Waals surface area contributed by atoms with Crippen LogP contribution in [-0.4, -0.2) is 55.8 Å². The third-order valence-corrected chi connectivity index (χ3v) is 8.71. The number of para-hydroxylation sites is 2. The standard InChI is InChI=1S/C32H28N12O6S2.H3N.Na/c33-27-39-29(35-21-7-3-1-4-8-21)43-31(41-27)37-23-15-13-19(25(17-23)51(45,46)47)11-12-20-14-16-24(18-26(20)52(48,49)50)38-32-42-28(34)40-30(44-32)36-22-9-5-2-6-10-22;;/h1-18H,(H,45,46,47)(H,48,49,50)(H4,33,35,37,39,41,43)(H4,34,36,38,40,42,44);1H3;/q;;+1/p-1/b12-11+;;. The summed E-state index contributed by atoms with van der Waals surface area (Å²) in [6.07, 6.45) is 2.41. The zero-order chi connectivity index (χ0) is 36.9. The van der Waals surface area contributed by atoms with Gasteiger partial charge in [-0.05, 0) is 59.7 Å². The summed E-state index contributed by atoms with van der Waals surface area (Å²) in [6.45, 7) is 0. The number of rotatable bonds is 8. The van der Waals surface area contributed by atoms with Crippen molar-refractivity contribution in [2.75, 3.05) is 0 Å². The van der Waals surface area contributed by atoms with Gasteiger partial charge in [-0.25, -0.2) is 28.4 Å². The van der Waals surface area contributed by atoms with Crippen LogP contribution in [0.1, 0.15) is 11.1 Å². The van der Waals surface area contributed by atoms with Gasteiger partial charge >= 0.3 is 29.6 Å². The predicted octanol–water partition coefficient (Wildman–Crippen LogP) is -0.969. The average molecular weight is 780 g/mol. The molecule has 0 atom stereocenters. The number of aromatic nitrogens is 6. The van der Waals surface area contributed by atoms with E-state index in [0.717, 1.165) is 12.1 Å². The SMILES string of the molecule is N.N=c1[nH]c(=Nc2ccccc2)[nH]c(=Nc2ccc(/C=C/c3ccc(N=c4[nH]c(=N)[nH]c(=Nc5ccccc5)[nH]4)cc3S(=O)(=O)O)c(S(=O)(=O)[O-])c2)[nH]1.[Na+]. The van der Waals surface area contributed by atoms with Gasteiger partial charge in [-0.1, -0.05) is 60.7 Å². The van der Waals surface area contributed by atoms with Crippen LogP contribution in [0.2, 0.25) is 0 Å². The van der Waals surface area contributed by atoms with Crippen molar-refractivity contribution in [1.29, 1.82) is 10.8 Å².